The van der Waals surface area contributed by atoms with Gasteiger partial charge in [0, 0.05) is 35.1 Å². The number of aromatic nitrogens is 4. The highest BCUT2D eigenvalue weighted by Crippen LogP contribution is 2.21. The molecule has 6 heteroatoms. The Hall–Kier alpha value is -2.21. The molecule has 3 aromatic rings. The summed E-state index contributed by atoms with van der Waals surface area (Å²) in [6, 6.07) is 3.90. The molecule has 0 aromatic carbocycles. The fraction of sp³-hybridized carbons (Fsp3) is 0.154. The highest BCUT2D eigenvalue weighted by atomic mass is 32.1. The highest BCUT2D eigenvalue weighted by Gasteiger charge is 2.08. The topological polar surface area (TPSA) is 52.8 Å². The van der Waals surface area contributed by atoms with E-state index in [1.807, 2.05) is 28.3 Å². The lowest BCUT2D eigenvalue weighted by molar-refractivity contribution is 0.396. The van der Waals surface area contributed by atoms with Crippen LogP contribution in [0.15, 0.2) is 42.4 Å². The standard InChI is InChI=1S/C13H12N4OS/c1-18-13-11(8-19-16-13)6-17-7-12(15-9-17)10-3-2-4-14-5-10/h2-5,7-9H,6H2,1H3. The molecule has 0 saturated heterocycles. The van der Waals surface area contributed by atoms with Crippen LogP contribution in [0.25, 0.3) is 11.3 Å². The van der Waals surface area contributed by atoms with E-state index in [2.05, 4.69) is 14.3 Å². The first-order valence-electron chi connectivity index (χ1n) is 5.76. The molecule has 0 saturated carbocycles. The molecule has 3 heterocycles. The SMILES string of the molecule is COc1nscc1Cn1cnc(-c2cccnc2)c1. The third-order valence-electron chi connectivity index (χ3n) is 2.74. The van der Waals surface area contributed by atoms with E-state index >= 15 is 0 Å². The smallest absolute Gasteiger partial charge is 0.229 e. The maximum atomic E-state index is 5.20. The summed E-state index contributed by atoms with van der Waals surface area (Å²) in [7, 11) is 1.63. The van der Waals surface area contributed by atoms with Crippen molar-refractivity contribution in [3.05, 3.63) is 48.0 Å². The molecular weight excluding hydrogens is 260 g/mol. The number of ether oxygens (including phenoxy) is 1. The Morgan fingerprint density at radius 2 is 2.37 bits per heavy atom. The molecule has 0 aliphatic rings. The summed E-state index contributed by atoms with van der Waals surface area (Å²) < 4.78 is 11.4. The number of methoxy groups -OCH3 is 1. The Morgan fingerprint density at radius 1 is 1.42 bits per heavy atom. The minimum absolute atomic E-state index is 0.682. The van der Waals surface area contributed by atoms with E-state index in [0.717, 1.165) is 16.8 Å². The van der Waals surface area contributed by atoms with Gasteiger partial charge >= 0.3 is 0 Å². The van der Waals surface area contributed by atoms with Gasteiger partial charge in [0.1, 0.15) is 0 Å². The van der Waals surface area contributed by atoms with Crippen LogP contribution in [0.3, 0.4) is 0 Å². The number of pyridine rings is 1. The Bertz CT molecular complexity index is 662. The summed E-state index contributed by atoms with van der Waals surface area (Å²) in [5, 5.41) is 1.99. The Kier molecular flexibility index (Phi) is 3.24. The summed E-state index contributed by atoms with van der Waals surface area (Å²) in [6.45, 7) is 0.701. The lowest BCUT2D eigenvalue weighted by Crippen LogP contribution is -1.97. The van der Waals surface area contributed by atoms with Crippen LogP contribution < -0.4 is 4.74 Å². The minimum Gasteiger partial charge on any atom is -0.480 e. The first kappa shape index (κ1) is 11.9. The van der Waals surface area contributed by atoms with Crippen LogP contribution in [0, 0.1) is 0 Å². The molecule has 5 nitrogen and oxygen atoms in total. The Labute approximate surface area is 114 Å². The average Bonchev–Trinajstić information content (AvgIpc) is 3.09. The van der Waals surface area contributed by atoms with Crippen LogP contribution >= 0.6 is 11.5 Å². The molecule has 96 valence electrons. The second-order valence-corrected chi connectivity index (χ2v) is 4.65. The van der Waals surface area contributed by atoms with Crippen molar-refractivity contribution < 1.29 is 4.74 Å². The van der Waals surface area contributed by atoms with Crippen molar-refractivity contribution in [1.82, 2.24) is 18.9 Å². The average molecular weight is 272 g/mol. The quantitative estimate of drug-likeness (QED) is 0.732. The number of rotatable bonds is 4. The zero-order chi connectivity index (χ0) is 13.1. The van der Waals surface area contributed by atoms with Gasteiger partial charge in [0.2, 0.25) is 5.88 Å². The van der Waals surface area contributed by atoms with Crippen LogP contribution in [0.1, 0.15) is 5.56 Å². The van der Waals surface area contributed by atoms with Crippen molar-refractivity contribution in [3.63, 3.8) is 0 Å². The van der Waals surface area contributed by atoms with Gasteiger partial charge < -0.3 is 9.30 Å². The molecule has 3 aromatic heterocycles. The molecule has 0 atom stereocenters. The molecule has 0 N–H and O–H groups in total. The molecule has 0 radical (unpaired) electrons. The number of hydrogen-bond acceptors (Lipinski definition) is 5. The molecule has 0 aliphatic carbocycles. The maximum absolute atomic E-state index is 5.20. The van der Waals surface area contributed by atoms with Crippen molar-refractivity contribution in [2.24, 2.45) is 0 Å². The van der Waals surface area contributed by atoms with Crippen molar-refractivity contribution >= 4 is 11.5 Å². The van der Waals surface area contributed by atoms with Crippen LogP contribution in [0.2, 0.25) is 0 Å². The van der Waals surface area contributed by atoms with Gasteiger partial charge in [-0.25, -0.2) is 4.98 Å². The molecule has 0 spiro atoms. The van der Waals surface area contributed by atoms with Crippen LogP contribution in [-0.2, 0) is 6.54 Å². The summed E-state index contributed by atoms with van der Waals surface area (Å²) >= 11 is 1.39. The van der Waals surface area contributed by atoms with Gasteiger partial charge in [-0.1, -0.05) is 0 Å². The van der Waals surface area contributed by atoms with Gasteiger partial charge in [-0.15, -0.1) is 0 Å². The maximum Gasteiger partial charge on any atom is 0.229 e. The molecule has 0 fully saturated rings. The molecule has 0 aliphatic heterocycles. The number of hydrogen-bond donors (Lipinski definition) is 0. The zero-order valence-electron chi connectivity index (χ0n) is 10.4. The molecule has 0 amide bonds. The predicted octanol–water partition coefficient (Wildman–Crippen LogP) is 2.46. The third kappa shape index (κ3) is 2.48. The van der Waals surface area contributed by atoms with E-state index < -0.39 is 0 Å². The molecule has 0 unspecified atom stereocenters. The van der Waals surface area contributed by atoms with Crippen LogP contribution in [0.4, 0.5) is 0 Å². The summed E-state index contributed by atoms with van der Waals surface area (Å²) in [5.74, 6) is 0.682. The second kappa shape index (κ2) is 5.19. The van der Waals surface area contributed by atoms with Crippen molar-refractivity contribution in [2.75, 3.05) is 7.11 Å². The second-order valence-electron chi connectivity index (χ2n) is 4.02. The number of imidazole rings is 1. The van der Waals surface area contributed by atoms with Gasteiger partial charge in [0.05, 0.1) is 25.7 Å². The first-order valence-corrected chi connectivity index (χ1v) is 6.60. The highest BCUT2D eigenvalue weighted by molar-refractivity contribution is 7.03. The monoisotopic (exact) mass is 272 g/mol. The van der Waals surface area contributed by atoms with Gasteiger partial charge in [-0.3, -0.25) is 4.98 Å². The predicted molar refractivity (Wildman–Crippen MR) is 73.2 cm³/mol. The lowest BCUT2D eigenvalue weighted by Gasteiger charge is -2.01. The van der Waals surface area contributed by atoms with E-state index in [1.165, 1.54) is 11.5 Å². The van der Waals surface area contributed by atoms with E-state index in [0.29, 0.717) is 12.4 Å². The summed E-state index contributed by atoms with van der Waals surface area (Å²) in [5.41, 5.74) is 2.98. The normalized spacial score (nSPS) is 10.6. The minimum atomic E-state index is 0.682. The van der Waals surface area contributed by atoms with Crippen LogP contribution in [0.5, 0.6) is 5.88 Å². The van der Waals surface area contributed by atoms with Crippen molar-refractivity contribution in [2.45, 2.75) is 6.54 Å². The Balaban J connectivity index is 1.82. The molecule has 3 rings (SSSR count). The van der Waals surface area contributed by atoms with Crippen LogP contribution in [-0.4, -0.2) is 26.0 Å². The largest absolute Gasteiger partial charge is 0.480 e. The number of nitrogens with zero attached hydrogens (tertiary/aromatic N) is 4. The molecule has 19 heavy (non-hydrogen) atoms. The summed E-state index contributed by atoms with van der Waals surface area (Å²) in [6.07, 6.45) is 7.36. The van der Waals surface area contributed by atoms with E-state index in [1.54, 1.807) is 25.8 Å². The molecular formula is C13H12N4OS. The van der Waals surface area contributed by atoms with Crippen molar-refractivity contribution in [3.8, 4) is 17.1 Å². The fourth-order valence-corrected chi connectivity index (χ4v) is 2.47. The van der Waals surface area contributed by atoms with E-state index in [-0.39, 0.29) is 0 Å². The molecule has 0 bridgehead atoms. The van der Waals surface area contributed by atoms with Crippen molar-refractivity contribution in [1.29, 1.82) is 0 Å². The Morgan fingerprint density at radius 3 is 3.16 bits per heavy atom. The lowest BCUT2D eigenvalue weighted by atomic mass is 10.2. The van der Waals surface area contributed by atoms with Gasteiger partial charge in [-0.05, 0) is 23.7 Å². The van der Waals surface area contributed by atoms with E-state index in [4.69, 9.17) is 4.74 Å². The van der Waals surface area contributed by atoms with Gasteiger partial charge in [0.15, 0.2) is 0 Å². The third-order valence-corrected chi connectivity index (χ3v) is 3.40. The van der Waals surface area contributed by atoms with Gasteiger partial charge in [-0.2, -0.15) is 4.37 Å². The zero-order valence-corrected chi connectivity index (χ0v) is 11.2. The van der Waals surface area contributed by atoms with E-state index in [9.17, 15) is 0 Å². The van der Waals surface area contributed by atoms with Gasteiger partial charge in [0.25, 0.3) is 0 Å². The summed E-state index contributed by atoms with van der Waals surface area (Å²) in [4.78, 5) is 8.48. The first-order chi connectivity index (χ1) is 9.36. The fourth-order valence-electron chi connectivity index (χ4n) is 1.83.